The van der Waals surface area contributed by atoms with Gasteiger partial charge in [-0.25, -0.2) is 4.39 Å². The molecule has 7 heteroatoms. The Hall–Kier alpha value is -2.47. The normalized spacial score (nSPS) is 10.1. The highest BCUT2D eigenvalue weighted by Gasteiger charge is 2.10. The fourth-order valence-corrected chi connectivity index (χ4v) is 1.89. The van der Waals surface area contributed by atoms with E-state index in [0.717, 1.165) is 6.07 Å². The molecule has 0 fully saturated rings. The van der Waals surface area contributed by atoms with Crippen LogP contribution in [0.5, 0.6) is 23.0 Å². The van der Waals surface area contributed by atoms with Crippen molar-refractivity contribution in [1.82, 2.24) is 0 Å². The predicted octanol–water partition coefficient (Wildman–Crippen LogP) is 3.81. The summed E-state index contributed by atoms with van der Waals surface area (Å²) in [6.45, 7) is 0. The van der Waals surface area contributed by atoms with Crippen molar-refractivity contribution in [2.24, 2.45) is 0 Å². The van der Waals surface area contributed by atoms with Gasteiger partial charge in [0.1, 0.15) is 23.1 Å². The molecule has 1 amide bonds. The van der Waals surface area contributed by atoms with E-state index in [-0.39, 0.29) is 11.6 Å². The molecule has 2 aromatic rings. The van der Waals surface area contributed by atoms with Crippen LogP contribution in [0.4, 0.5) is 10.1 Å². The van der Waals surface area contributed by atoms with E-state index < -0.39 is 11.7 Å². The number of rotatable bonds is 6. The van der Waals surface area contributed by atoms with Gasteiger partial charge in [0.05, 0.1) is 14.2 Å². The van der Waals surface area contributed by atoms with E-state index in [9.17, 15) is 9.18 Å². The molecule has 0 aliphatic heterocycles. The number of halogens is 2. The zero-order valence-corrected chi connectivity index (χ0v) is 13.3. The Kier molecular flexibility index (Phi) is 5.65. The Morgan fingerprint density at radius 2 is 1.70 bits per heavy atom. The summed E-state index contributed by atoms with van der Waals surface area (Å²) in [7, 11) is 3.01. The first-order valence-corrected chi connectivity index (χ1v) is 7.15. The number of benzene rings is 2. The number of anilines is 1. The van der Waals surface area contributed by atoms with E-state index in [4.69, 9.17) is 25.8 Å². The van der Waals surface area contributed by atoms with Gasteiger partial charge in [-0.05, 0) is 12.1 Å². The first-order valence-electron chi connectivity index (χ1n) is 6.62. The van der Waals surface area contributed by atoms with Crippen molar-refractivity contribution < 1.29 is 23.4 Å². The molecule has 0 aliphatic carbocycles. The van der Waals surface area contributed by atoms with Gasteiger partial charge in [-0.15, -0.1) is 11.6 Å². The Morgan fingerprint density at radius 1 is 1.09 bits per heavy atom. The molecule has 5 nitrogen and oxygen atoms in total. The van der Waals surface area contributed by atoms with E-state index in [1.54, 1.807) is 18.2 Å². The van der Waals surface area contributed by atoms with Crippen LogP contribution in [0.1, 0.15) is 0 Å². The second-order valence-corrected chi connectivity index (χ2v) is 4.74. The van der Waals surface area contributed by atoms with E-state index in [2.05, 4.69) is 5.32 Å². The van der Waals surface area contributed by atoms with Gasteiger partial charge in [-0.3, -0.25) is 4.79 Å². The minimum absolute atomic E-state index is 0.00387. The maximum atomic E-state index is 14.1. The molecule has 0 atom stereocenters. The highest BCUT2D eigenvalue weighted by atomic mass is 35.5. The topological polar surface area (TPSA) is 56.8 Å². The monoisotopic (exact) mass is 339 g/mol. The summed E-state index contributed by atoms with van der Waals surface area (Å²) in [5.74, 6) is 0.151. The largest absolute Gasteiger partial charge is 0.496 e. The molecular formula is C16H15ClFNO4. The van der Waals surface area contributed by atoms with Gasteiger partial charge in [-0.2, -0.15) is 0 Å². The van der Waals surface area contributed by atoms with Crippen LogP contribution in [0.2, 0.25) is 0 Å². The van der Waals surface area contributed by atoms with Gasteiger partial charge in [0.15, 0.2) is 11.6 Å². The van der Waals surface area contributed by atoms with Crippen molar-refractivity contribution >= 4 is 23.2 Å². The fraction of sp³-hybridized carbons (Fsp3) is 0.188. The lowest BCUT2D eigenvalue weighted by atomic mass is 10.2. The van der Waals surface area contributed by atoms with Crippen LogP contribution >= 0.6 is 11.6 Å². The van der Waals surface area contributed by atoms with Crippen LogP contribution in [0.3, 0.4) is 0 Å². The minimum Gasteiger partial charge on any atom is -0.496 e. The van der Waals surface area contributed by atoms with Crippen molar-refractivity contribution in [3.05, 3.63) is 42.2 Å². The average Bonchev–Trinajstić information content (AvgIpc) is 2.56. The number of methoxy groups -OCH3 is 2. The Morgan fingerprint density at radius 3 is 2.22 bits per heavy atom. The fourth-order valence-electron chi connectivity index (χ4n) is 1.82. The number of carbonyl (C=O) groups is 1. The number of hydrogen-bond acceptors (Lipinski definition) is 4. The van der Waals surface area contributed by atoms with Crippen molar-refractivity contribution in [1.29, 1.82) is 0 Å². The van der Waals surface area contributed by atoms with Crippen LogP contribution in [-0.2, 0) is 4.79 Å². The first-order chi connectivity index (χ1) is 11.0. The van der Waals surface area contributed by atoms with Gasteiger partial charge in [0.2, 0.25) is 5.91 Å². The van der Waals surface area contributed by atoms with Crippen LogP contribution in [0, 0.1) is 5.82 Å². The van der Waals surface area contributed by atoms with E-state index >= 15 is 0 Å². The van der Waals surface area contributed by atoms with Gasteiger partial charge >= 0.3 is 0 Å². The number of ether oxygens (including phenoxy) is 3. The zero-order chi connectivity index (χ0) is 16.8. The SMILES string of the molecule is COc1cc(OC)cc(Oc2ccc(NC(=O)CCl)cc2F)c1. The Balaban J connectivity index is 2.21. The second kappa shape index (κ2) is 7.69. The maximum absolute atomic E-state index is 14.1. The molecule has 1 N–H and O–H groups in total. The van der Waals surface area contributed by atoms with Gasteiger partial charge in [0.25, 0.3) is 0 Å². The number of hydrogen-bond donors (Lipinski definition) is 1. The number of alkyl halides is 1. The van der Waals surface area contributed by atoms with Crippen molar-refractivity contribution in [2.75, 3.05) is 25.4 Å². The highest BCUT2D eigenvalue weighted by molar-refractivity contribution is 6.29. The van der Waals surface area contributed by atoms with E-state index in [1.807, 2.05) is 0 Å². The molecule has 0 saturated carbocycles. The van der Waals surface area contributed by atoms with Crippen molar-refractivity contribution in [3.8, 4) is 23.0 Å². The third kappa shape index (κ3) is 4.50. The molecule has 0 saturated heterocycles. The van der Waals surface area contributed by atoms with Crippen LogP contribution < -0.4 is 19.5 Å². The summed E-state index contributed by atoms with van der Waals surface area (Å²) in [6.07, 6.45) is 0. The molecule has 0 radical (unpaired) electrons. The standard InChI is InChI=1S/C16H15ClFNO4/c1-21-11-6-12(22-2)8-13(7-11)23-15-4-3-10(5-14(15)18)19-16(20)9-17/h3-8H,9H2,1-2H3,(H,19,20). The van der Waals surface area contributed by atoms with E-state index in [0.29, 0.717) is 22.9 Å². The van der Waals surface area contributed by atoms with Crippen LogP contribution in [0.15, 0.2) is 36.4 Å². The molecule has 122 valence electrons. The molecule has 2 rings (SSSR count). The lowest BCUT2D eigenvalue weighted by Gasteiger charge is -2.11. The summed E-state index contributed by atoms with van der Waals surface area (Å²) in [5.41, 5.74) is 0.295. The van der Waals surface area contributed by atoms with Gasteiger partial charge in [0, 0.05) is 30.0 Å². The van der Waals surface area contributed by atoms with Crippen molar-refractivity contribution in [3.63, 3.8) is 0 Å². The van der Waals surface area contributed by atoms with Gasteiger partial charge in [-0.1, -0.05) is 0 Å². The predicted molar refractivity (Wildman–Crippen MR) is 85.4 cm³/mol. The second-order valence-electron chi connectivity index (χ2n) is 4.48. The van der Waals surface area contributed by atoms with Crippen LogP contribution in [0.25, 0.3) is 0 Å². The third-order valence-electron chi connectivity index (χ3n) is 2.89. The first kappa shape index (κ1) is 16.9. The summed E-state index contributed by atoms with van der Waals surface area (Å²) < 4.78 is 29.8. The summed E-state index contributed by atoms with van der Waals surface area (Å²) >= 11 is 5.38. The smallest absolute Gasteiger partial charge is 0.239 e. The maximum Gasteiger partial charge on any atom is 0.239 e. The molecule has 0 aliphatic rings. The lowest BCUT2D eigenvalue weighted by molar-refractivity contribution is -0.113. The molecule has 2 aromatic carbocycles. The molecule has 23 heavy (non-hydrogen) atoms. The molecule has 0 unspecified atom stereocenters. The van der Waals surface area contributed by atoms with Gasteiger partial charge < -0.3 is 19.5 Å². The van der Waals surface area contributed by atoms with Crippen LogP contribution in [-0.4, -0.2) is 26.0 Å². The van der Waals surface area contributed by atoms with Crippen molar-refractivity contribution in [2.45, 2.75) is 0 Å². The zero-order valence-electron chi connectivity index (χ0n) is 12.6. The average molecular weight is 340 g/mol. The highest BCUT2D eigenvalue weighted by Crippen LogP contribution is 2.32. The molecule has 0 bridgehead atoms. The molecule has 0 heterocycles. The summed E-state index contributed by atoms with van der Waals surface area (Å²) in [4.78, 5) is 11.2. The molecule has 0 aromatic heterocycles. The Labute approximate surface area is 137 Å². The number of nitrogens with one attached hydrogen (secondary N) is 1. The molecule has 0 spiro atoms. The number of amides is 1. The van der Waals surface area contributed by atoms with E-state index in [1.165, 1.54) is 26.4 Å². The lowest BCUT2D eigenvalue weighted by Crippen LogP contribution is -2.12. The molecular weight excluding hydrogens is 325 g/mol. The summed E-state index contributed by atoms with van der Waals surface area (Å²) in [6, 6.07) is 8.95. The Bertz CT molecular complexity index is 686. The summed E-state index contributed by atoms with van der Waals surface area (Å²) in [5, 5.41) is 2.45. The minimum atomic E-state index is -0.626. The third-order valence-corrected chi connectivity index (χ3v) is 3.13. The number of carbonyl (C=O) groups excluding carboxylic acids is 1. The quantitative estimate of drug-likeness (QED) is 0.813.